The third-order valence-corrected chi connectivity index (χ3v) is 5.48. The van der Waals surface area contributed by atoms with E-state index in [1.54, 1.807) is 0 Å². The molecule has 1 atom stereocenters. The molecule has 0 bridgehead atoms. The number of hydrogen-bond acceptors (Lipinski definition) is 3. The summed E-state index contributed by atoms with van der Waals surface area (Å²) in [5.41, 5.74) is 7.73. The molecule has 0 radical (unpaired) electrons. The van der Waals surface area contributed by atoms with Gasteiger partial charge in [0, 0.05) is 42.1 Å². The summed E-state index contributed by atoms with van der Waals surface area (Å²) in [5.74, 6) is 0. The highest BCUT2D eigenvalue weighted by Crippen LogP contribution is 2.31. The quantitative estimate of drug-likeness (QED) is 0.760. The second-order valence-electron chi connectivity index (χ2n) is 7.26. The highest BCUT2D eigenvalue weighted by atomic mass is 15.3. The number of benzene rings is 1. The molecule has 1 N–H and O–H groups in total. The Morgan fingerprint density at radius 3 is 2.81 bits per heavy atom. The lowest BCUT2D eigenvalue weighted by Gasteiger charge is -2.24. The predicted molar refractivity (Wildman–Crippen MR) is 103 cm³/mol. The number of aryl methyl sites for hydroxylation is 3. The van der Waals surface area contributed by atoms with E-state index in [1.807, 2.05) is 10.9 Å². The fourth-order valence-electron chi connectivity index (χ4n) is 3.76. The Labute approximate surface area is 155 Å². The molecule has 0 saturated carbocycles. The van der Waals surface area contributed by atoms with Crippen LogP contribution in [-0.4, -0.2) is 19.6 Å². The Hall–Kier alpha value is -2.40. The summed E-state index contributed by atoms with van der Waals surface area (Å²) in [6, 6.07) is 6.96. The van der Waals surface area contributed by atoms with E-state index in [2.05, 4.69) is 66.5 Å². The van der Waals surface area contributed by atoms with Crippen LogP contribution in [0.2, 0.25) is 0 Å². The van der Waals surface area contributed by atoms with Crippen LogP contribution in [0, 0.1) is 13.8 Å². The van der Waals surface area contributed by atoms with E-state index in [4.69, 9.17) is 5.10 Å². The van der Waals surface area contributed by atoms with Crippen molar-refractivity contribution >= 4 is 0 Å². The van der Waals surface area contributed by atoms with Gasteiger partial charge in [0.2, 0.25) is 0 Å². The first-order valence-electron chi connectivity index (χ1n) is 9.55. The van der Waals surface area contributed by atoms with Crippen molar-refractivity contribution < 1.29 is 0 Å². The van der Waals surface area contributed by atoms with Crippen molar-refractivity contribution in [2.75, 3.05) is 0 Å². The van der Waals surface area contributed by atoms with Crippen LogP contribution in [0.4, 0.5) is 0 Å². The highest BCUT2D eigenvalue weighted by Gasteiger charge is 2.24. The molecule has 2 heterocycles. The lowest BCUT2D eigenvalue weighted by molar-refractivity contribution is 0.454. The molecule has 0 spiro atoms. The van der Waals surface area contributed by atoms with E-state index in [0.717, 1.165) is 25.9 Å². The fourth-order valence-corrected chi connectivity index (χ4v) is 3.76. The summed E-state index contributed by atoms with van der Waals surface area (Å²) < 4.78 is 4.10. The van der Waals surface area contributed by atoms with Gasteiger partial charge in [-0.15, -0.1) is 0 Å². The molecular formula is C21H27N5. The van der Waals surface area contributed by atoms with Gasteiger partial charge in [-0.3, -0.25) is 4.68 Å². The van der Waals surface area contributed by atoms with Crippen LogP contribution in [0.3, 0.4) is 0 Å². The van der Waals surface area contributed by atoms with E-state index in [0.29, 0.717) is 6.04 Å². The molecule has 3 aromatic rings. The highest BCUT2D eigenvalue weighted by molar-refractivity contribution is 5.42. The Morgan fingerprint density at radius 2 is 2.04 bits per heavy atom. The van der Waals surface area contributed by atoms with E-state index < -0.39 is 0 Å². The first-order chi connectivity index (χ1) is 12.7. The largest absolute Gasteiger partial charge is 0.306 e. The normalized spacial score (nSPS) is 16.7. The molecule has 1 aromatic carbocycles. The molecule has 1 aliphatic carbocycles. The summed E-state index contributed by atoms with van der Waals surface area (Å²) in [4.78, 5) is 0. The smallest absolute Gasteiger partial charge is 0.0651 e. The van der Waals surface area contributed by atoms with Gasteiger partial charge in [-0.25, -0.2) is 4.68 Å². The SMILES string of the molecule is CCn1cc(CNC2CCCc3c2cnn3-c2ccc(C)c(C)c2)cn1. The van der Waals surface area contributed by atoms with Crippen molar-refractivity contribution in [2.24, 2.45) is 0 Å². The van der Waals surface area contributed by atoms with Gasteiger partial charge < -0.3 is 5.32 Å². The molecule has 136 valence electrons. The molecule has 5 nitrogen and oxygen atoms in total. The minimum atomic E-state index is 0.365. The maximum atomic E-state index is 4.72. The second kappa shape index (κ2) is 7.08. The second-order valence-corrected chi connectivity index (χ2v) is 7.26. The minimum Gasteiger partial charge on any atom is -0.306 e. The Morgan fingerprint density at radius 1 is 1.15 bits per heavy atom. The number of aromatic nitrogens is 4. The third kappa shape index (κ3) is 3.19. The average molecular weight is 349 g/mol. The van der Waals surface area contributed by atoms with Gasteiger partial charge in [0.1, 0.15) is 0 Å². The average Bonchev–Trinajstić information content (AvgIpc) is 3.29. The van der Waals surface area contributed by atoms with Crippen LogP contribution < -0.4 is 5.32 Å². The summed E-state index contributed by atoms with van der Waals surface area (Å²) >= 11 is 0. The van der Waals surface area contributed by atoms with Crippen molar-refractivity contribution in [3.05, 3.63) is 64.7 Å². The number of hydrogen-bond donors (Lipinski definition) is 1. The molecule has 0 aliphatic heterocycles. The number of nitrogens with zero attached hydrogens (tertiary/aromatic N) is 4. The lowest BCUT2D eigenvalue weighted by Crippen LogP contribution is -2.25. The Kier molecular flexibility index (Phi) is 4.64. The molecule has 5 heteroatoms. The van der Waals surface area contributed by atoms with Crippen LogP contribution in [0.1, 0.15) is 53.8 Å². The van der Waals surface area contributed by atoms with Crippen LogP contribution in [0.25, 0.3) is 5.69 Å². The number of fused-ring (bicyclic) bond motifs is 1. The van der Waals surface area contributed by atoms with Crippen LogP contribution >= 0.6 is 0 Å². The zero-order valence-corrected chi connectivity index (χ0v) is 15.9. The van der Waals surface area contributed by atoms with Crippen molar-refractivity contribution in [3.8, 4) is 5.69 Å². The zero-order chi connectivity index (χ0) is 18.1. The molecular weight excluding hydrogens is 322 g/mol. The minimum absolute atomic E-state index is 0.365. The van der Waals surface area contributed by atoms with Crippen LogP contribution in [0.5, 0.6) is 0 Å². The van der Waals surface area contributed by atoms with Gasteiger partial charge >= 0.3 is 0 Å². The monoisotopic (exact) mass is 349 g/mol. The summed E-state index contributed by atoms with van der Waals surface area (Å²) in [5, 5.41) is 12.8. The van der Waals surface area contributed by atoms with Gasteiger partial charge in [-0.2, -0.15) is 10.2 Å². The Bertz CT molecular complexity index is 905. The maximum absolute atomic E-state index is 4.72. The standard InChI is InChI=1S/C21H27N5/c1-4-25-14-17(12-23-25)11-22-20-6-5-7-21-19(20)13-24-26(21)18-9-8-15(2)16(3)10-18/h8-10,12-14,20,22H,4-7,11H2,1-3H3. The first kappa shape index (κ1) is 17.0. The number of rotatable bonds is 5. The van der Waals surface area contributed by atoms with Gasteiger partial charge in [0.15, 0.2) is 0 Å². The molecule has 2 aromatic heterocycles. The molecule has 1 aliphatic rings. The first-order valence-corrected chi connectivity index (χ1v) is 9.55. The van der Waals surface area contributed by atoms with Crippen LogP contribution in [-0.2, 0) is 19.5 Å². The van der Waals surface area contributed by atoms with Crippen molar-refractivity contribution in [3.63, 3.8) is 0 Å². The van der Waals surface area contributed by atoms with Crippen LogP contribution in [0.15, 0.2) is 36.8 Å². The van der Waals surface area contributed by atoms with Crippen molar-refractivity contribution in [2.45, 2.75) is 59.2 Å². The van der Waals surface area contributed by atoms with E-state index in [-0.39, 0.29) is 0 Å². The summed E-state index contributed by atoms with van der Waals surface area (Å²) in [7, 11) is 0. The molecule has 4 rings (SSSR count). The zero-order valence-electron chi connectivity index (χ0n) is 15.9. The molecule has 1 unspecified atom stereocenters. The number of nitrogens with one attached hydrogen (secondary N) is 1. The summed E-state index contributed by atoms with van der Waals surface area (Å²) in [6.07, 6.45) is 9.57. The molecule has 0 fully saturated rings. The molecule has 0 saturated heterocycles. The van der Waals surface area contributed by atoms with E-state index >= 15 is 0 Å². The van der Waals surface area contributed by atoms with Crippen molar-refractivity contribution in [1.82, 2.24) is 24.9 Å². The molecule has 26 heavy (non-hydrogen) atoms. The van der Waals surface area contributed by atoms with Gasteiger partial charge in [0.05, 0.1) is 18.1 Å². The maximum Gasteiger partial charge on any atom is 0.0651 e. The Balaban J connectivity index is 1.55. The lowest BCUT2D eigenvalue weighted by atomic mass is 9.92. The molecule has 0 amide bonds. The van der Waals surface area contributed by atoms with Crippen molar-refractivity contribution in [1.29, 1.82) is 0 Å². The van der Waals surface area contributed by atoms with E-state index in [9.17, 15) is 0 Å². The predicted octanol–water partition coefficient (Wildman–Crippen LogP) is 3.87. The topological polar surface area (TPSA) is 47.7 Å². The van der Waals surface area contributed by atoms with Gasteiger partial charge in [0.25, 0.3) is 0 Å². The van der Waals surface area contributed by atoms with Gasteiger partial charge in [-0.1, -0.05) is 6.07 Å². The fraction of sp³-hybridized carbons (Fsp3) is 0.429. The van der Waals surface area contributed by atoms with Gasteiger partial charge in [-0.05, 0) is 63.3 Å². The summed E-state index contributed by atoms with van der Waals surface area (Å²) in [6.45, 7) is 8.18. The van der Waals surface area contributed by atoms with E-state index in [1.165, 1.54) is 40.1 Å². The third-order valence-electron chi connectivity index (χ3n) is 5.48.